The van der Waals surface area contributed by atoms with Gasteiger partial charge in [-0.15, -0.1) is 0 Å². The quantitative estimate of drug-likeness (QED) is 0.765. The highest BCUT2D eigenvalue weighted by Gasteiger charge is 2.14. The van der Waals surface area contributed by atoms with E-state index < -0.39 is 0 Å². The Labute approximate surface area is 118 Å². The van der Waals surface area contributed by atoms with Gasteiger partial charge in [0, 0.05) is 17.8 Å². The molecule has 3 aromatic rings. The number of imidazole rings is 1. The van der Waals surface area contributed by atoms with Crippen LogP contribution in [0.2, 0.25) is 0 Å². The van der Waals surface area contributed by atoms with Crippen molar-refractivity contribution in [1.82, 2.24) is 25.1 Å². The summed E-state index contributed by atoms with van der Waals surface area (Å²) in [5, 5.41) is 7.97. The number of hydrogen-bond donors (Lipinski definition) is 2. The van der Waals surface area contributed by atoms with Crippen LogP contribution < -0.4 is 5.32 Å². The van der Waals surface area contributed by atoms with E-state index in [4.69, 9.17) is 0 Å². The molecule has 5 nitrogen and oxygen atoms in total. The molecule has 0 aliphatic heterocycles. The predicted octanol–water partition coefficient (Wildman–Crippen LogP) is 2.47. The lowest BCUT2D eigenvalue weighted by Crippen LogP contribution is -2.13. The van der Waals surface area contributed by atoms with Crippen LogP contribution in [0.1, 0.15) is 23.9 Å². The van der Waals surface area contributed by atoms with Crippen LogP contribution in [0.5, 0.6) is 0 Å². The zero-order valence-corrected chi connectivity index (χ0v) is 12.1. The molecule has 104 valence electrons. The van der Waals surface area contributed by atoms with Gasteiger partial charge in [0.2, 0.25) is 5.95 Å². The Morgan fingerprint density at radius 2 is 2.05 bits per heavy atom. The van der Waals surface area contributed by atoms with Gasteiger partial charge in [0.15, 0.2) is 0 Å². The number of aromatic amines is 1. The van der Waals surface area contributed by atoms with E-state index in [1.807, 2.05) is 35.9 Å². The van der Waals surface area contributed by atoms with Gasteiger partial charge in [-0.05, 0) is 32.5 Å². The van der Waals surface area contributed by atoms with E-state index >= 15 is 0 Å². The van der Waals surface area contributed by atoms with Gasteiger partial charge in [0.25, 0.3) is 0 Å². The molecule has 0 fully saturated rings. The molecule has 0 atom stereocenters. The van der Waals surface area contributed by atoms with Crippen LogP contribution in [0.25, 0.3) is 17.0 Å². The average Bonchev–Trinajstić information content (AvgIpc) is 2.98. The third-order valence-electron chi connectivity index (χ3n) is 3.57. The van der Waals surface area contributed by atoms with Crippen LogP contribution in [-0.2, 0) is 6.54 Å². The van der Waals surface area contributed by atoms with Gasteiger partial charge < -0.3 is 10.3 Å². The normalized spacial score (nSPS) is 11.3. The van der Waals surface area contributed by atoms with E-state index in [-0.39, 0.29) is 0 Å². The van der Waals surface area contributed by atoms with Gasteiger partial charge in [0.1, 0.15) is 0 Å². The maximum absolute atomic E-state index is 4.61. The first-order valence-electron chi connectivity index (χ1n) is 6.91. The molecule has 20 heavy (non-hydrogen) atoms. The van der Waals surface area contributed by atoms with Gasteiger partial charge in [-0.3, -0.25) is 0 Å². The fourth-order valence-corrected chi connectivity index (χ4v) is 2.43. The Hall–Kier alpha value is -2.14. The maximum atomic E-state index is 4.61. The van der Waals surface area contributed by atoms with Gasteiger partial charge in [-0.2, -0.15) is 5.10 Å². The molecule has 0 radical (unpaired) electrons. The first-order chi connectivity index (χ1) is 9.70. The molecule has 5 heteroatoms. The molecule has 0 amide bonds. The van der Waals surface area contributed by atoms with Crippen LogP contribution in [0.3, 0.4) is 0 Å². The lowest BCUT2D eigenvalue weighted by atomic mass is 10.2. The van der Waals surface area contributed by atoms with Crippen molar-refractivity contribution in [3.05, 3.63) is 41.2 Å². The van der Waals surface area contributed by atoms with E-state index in [0.29, 0.717) is 0 Å². The molecule has 2 N–H and O–H groups in total. The standard InChI is InChI=1S/C15H19N5/c1-4-16-9-12-10(2)19-20(11(12)3)15-17-13-7-5-6-8-14(13)18-15/h5-8,16H,4,9H2,1-3H3,(H,17,18). The smallest absolute Gasteiger partial charge is 0.229 e. The van der Waals surface area contributed by atoms with E-state index in [1.165, 1.54) is 5.56 Å². The van der Waals surface area contributed by atoms with Crippen molar-refractivity contribution in [2.24, 2.45) is 0 Å². The summed E-state index contributed by atoms with van der Waals surface area (Å²) in [6, 6.07) is 8.02. The Bertz CT molecular complexity index is 705. The van der Waals surface area contributed by atoms with Crippen molar-refractivity contribution in [2.75, 3.05) is 6.54 Å². The summed E-state index contributed by atoms with van der Waals surface area (Å²) < 4.78 is 1.89. The Balaban J connectivity index is 2.05. The van der Waals surface area contributed by atoms with E-state index in [9.17, 15) is 0 Å². The number of aryl methyl sites for hydroxylation is 1. The van der Waals surface area contributed by atoms with Crippen LogP contribution in [0, 0.1) is 13.8 Å². The summed E-state index contributed by atoms with van der Waals surface area (Å²) in [6.07, 6.45) is 0. The number of nitrogens with zero attached hydrogens (tertiary/aromatic N) is 3. The number of rotatable bonds is 4. The van der Waals surface area contributed by atoms with Gasteiger partial charge in [-0.1, -0.05) is 19.1 Å². The molecule has 2 aromatic heterocycles. The Morgan fingerprint density at radius 1 is 1.25 bits per heavy atom. The third kappa shape index (κ3) is 2.10. The van der Waals surface area contributed by atoms with E-state index in [0.717, 1.165) is 41.5 Å². The lowest BCUT2D eigenvalue weighted by molar-refractivity contribution is 0.718. The summed E-state index contributed by atoms with van der Waals surface area (Å²) in [5.74, 6) is 0.773. The molecule has 2 heterocycles. The highest BCUT2D eigenvalue weighted by molar-refractivity contribution is 5.75. The van der Waals surface area contributed by atoms with Gasteiger partial charge in [0.05, 0.1) is 16.7 Å². The van der Waals surface area contributed by atoms with Crippen molar-refractivity contribution in [2.45, 2.75) is 27.3 Å². The molecular formula is C15H19N5. The monoisotopic (exact) mass is 269 g/mol. The van der Waals surface area contributed by atoms with E-state index in [2.05, 4.69) is 34.2 Å². The summed E-state index contributed by atoms with van der Waals surface area (Å²) in [5.41, 5.74) is 5.41. The van der Waals surface area contributed by atoms with Crippen LogP contribution in [0.4, 0.5) is 0 Å². The molecule has 0 bridgehead atoms. The molecule has 0 saturated heterocycles. The number of benzene rings is 1. The maximum Gasteiger partial charge on any atom is 0.229 e. The second kappa shape index (κ2) is 5.09. The average molecular weight is 269 g/mol. The molecule has 0 saturated carbocycles. The van der Waals surface area contributed by atoms with Crippen LogP contribution >= 0.6 is 0 Å². The van der Waals surface area contributed by atoms with Crippen LogP contribution in [0.15, 0.2) is 24.3 Å². The number of para-hydroxylation sites is 2. The van der Waals surface area contributed by atoms with Crippen molar-refractivity contribution < 1.29 is 0 Å². The third-order valence-corrected chi connectivity index (χ3v) is 3.57. The Kier molecular flexibility index (Phi) is 3.28. The van der Waals surface area contributed by atoms with Gasteiger partial charge >= 0.3 is 0 Å². The summed E-state index contributed by atoms with van der Waals surface area (Å²) in [7, 11) is 0. The minimum absolute atomic E-state index is 0.773. The highest BCUT2D eigenvalue weighted by Crippen LogP contribution is 2.18. The van der Waals surface area contributed by atoms with Crippen molar-refractivity contribution >= 4 is 11.0 Å². The molecule has 0 aliphatic carbocycles. The zero-order valence-electron chi connectivity index (χ0n) is 12.1. The van der Waals surface area contributed by atoms with Crippen molar-refractivity contribution in [3.8, 4) is 5.95 Å². The molecule has 0 aliphatic rings. The molecule has 3 rings (SSSR count). The Morgan fingerprint density at radius 3 is 2.80 bits per heavy atom. The van der Waals surface area contributed by atoms with Crippen LogP contribution in [-0.4, -0.2) is 26.3 Å². The van der Waals surface area contributed by atoms with Crippen molar-refractivity contribution in [3.63, 3.8) is 0 Å². The second-order valence-electron chi connectivity index (χ2n) is 4.92. The molecule has 0 spiro atoms. The number of nitrogens with one attached hydrogen (secondary N) is 2. The summed E-state index contributed by atoms with van der Waals surface area (Å²) in [4.78, 5) is 7.92. The first-order valence-corrected chi connectivity index (χ1v) is 6.91. The summed E-state index contributed by atoms with van der Waals surface area (Å²) in [6.45, 7) is 8.02. The fourth-order valence-electron chi connectivity index (χ4n) is 2.43. The highest BCUT2D eigenvalue weighted by atomic mass is 15.4. The first kappa shape index (κ1) is 12.9. The lowest BCUT2D eigenvalue weighted by Gasteiger charge is -2.03. The number of fused-ring (bicyclic) bond motifs is 1. The van der Waals surface area contributed by atoms with Gasteiger partial charge in [-0.25, -0.2) is 9.67 Å². The largest absolute Gasteiger partial charge is 0.322 e. The minimum Gasteiger partial charge on any atom is -0.322 e. The predicted molar refractivity (Wildman–Crippen MR) is 80.1 cm³/mol. The minimum atomic E-state index is 0.773. The zero-order chi connectivity index (χ0) is 14.1. The molecule has 1 aromatic carbocycles. The molecule has 0 unspecified atom stereocenters. The number of aromatic nitrogens is 4. The topological polar surface area (TPSA) is 58.5 Å². The van der Waals surface area contributed by atoms with Crippen molar-refractivity contribution in [1.29, 1.82) is 0 Å². The van der Waals surface area contributed by atoms with E-state index in [1.54, 1.807) is 0 Å². The number of H-pyrrole nitrogens is 1. The number of hydrogen-bond acceptors (Lipinski definition) is 3. The second-order valence-corrected chi connectivity index (χ2v) is 4.92. The molecular weight excluding hydrogens is 250 g/mol. The fraction of sp³-hybridized carbons (Fsp3) is 0.333. The SMILES string of the molecule is CCNCc1c(C)nn(-c2nc3ccccc3[nH]2)c1C. The summed E-state index contributed by atoms with van der Waals surface area (Å²) >= 11 is 0.